The molecule has 108 valence electrons. The Morgan fingerprint density at radius 3 is 1.18 bits per heavy atom. The van der Waals surface area contributed by atoms with Gasteiger partial charge in [0, 0.05) is 0 Å². The Hall–Kier alpha value is -2.72. The van der Waals surface area contributed by atoms with Gasteiger partial charge in [0.2, 0.25) is 0 Å². The third-order valence-corrected chi connectivity index (χ3v) is 7.50. The van der Waals surface area contributed by atoms with E-state index in [2.05, 4.69) is 5.34 Å². The Bertz CT molecular complexity index is 636. The minimum absolute atomic E-state index is 0.993. The first-order valence-corrected chi connectivity index (χ1v) is 8.96. The van der Waals surface area contributed by atoms with Crippen LogP contribution in [0.2, 0.25) is 0 Å². The van der Waals surface area contributed by atoms with Gasteiger partial charge in [-0.05, 0) is 15.6 Å². The number of rotatable bonds is 5. The molecule has 3 nitrogen and oxygen atoms in total. The molecule has 0 aliphatic rings. The van der Waals surface area contributed by atoms with Crippen LogP contribution in [0.3, 0.4) is 0 Å². The zero-order chi connectivity index (χ0) is 15.3. The highest BCUT2D eigenvalue weighted by Crippen LogP contribution is 2.09. The molecule has 0 aromatic heterocycles. The first-order valence-electron chi connectivity index (χ1n) is 7.05. The van der Waals surface area contributed by atoms with E-state index >= 15 is 0 Å². The molecule has 3 rings (SSSR count). The van der Waals surface area contributed by atoms with Gasteiger partial charge in [0.1, 0.15) is 5.34 Å². The SMILES string of the molecule is O=NO[Si](c1ccccc1)(c1ccccc1)c1ccccc1. The Morgan fingerprint density at radius 1 is 0.591 bits per heavy atom. The van der Waals surface area contributed by atoms with Crippen LogP contribution in [-0.4, -0.2) is 8.32 Å². The maximum absolute atomic E-state index is 11.1. The van der Waals surface area contributed by atoms with Gasteiger partial charge < -0.3 is 4.53 Å². The van der Waals surface area contributed by atoms with Crippen molar-refractivity contribution < 1.29 is 4.53 Å². The summed E-state index contributed by atoms with van der Waals surface area (Å²) in [7, 11) is -2.90. The summed E-state index contributed by atoms with van der Waals surface area (Å²) in [6.45, 7) is 0. The van der Waals surface area contributed by atoms with E-state index in [-0.39, 0.29) is 0 Å². The fourth-order valence-corrected chi connectivity index (χ4v) is 6.15. The van der Waals surface area contributed by atoms with Crippen LogP contribution in [0, 0.1) is 4.91 Å². The van der Waals surface area contributed by atoms with Crippen LogP contribution >= 0.6 is 0 Å². The smallest absolute Gasteiger partial charge is 0.384 e. The van der Waals surface area contributed by atoms with E-state index in [4.69, 9.17) is 4.53 Å². The molecule has 0 heterocycles. The van der Waals surface area contributed by atoms with Gasteiger partial charge in [-0.15, -0.1) is 4.91 Å². The van der Waals surface area contributed by atoms with Gasteiger partial charge in [0.25, 0.3) is 0 Å². The summed E-state index contributed by atoms with van der Waals surface area (Å²) in [6, 6.07) is 29.6. The summed E-state index contributed by atoms with van der Waals surface area (Å²) < 4.78 is 5.60. The first kappa shape index (κ1) is 14.2. The van der Waals surface area contributed by atoms with E-state index in [0.29, 0.717) is 0 Å². The Kier molecular flexibility index (Phi) is 4.12. The summed E-state index contributed by atoms with van der Waals surface area (Å²) in [6.07, 6.45) is 0. The topological polar surface area (TPSA) is 38.7 Å². The van der Waals surface area contributed by atoms with Crippen molar-refractivity contribution in [3.05, 3.63) is 95.9 Å². The molecule has 0 unspecified atom stereocenters. The fraction of sp³-hybridized carbons (Fsp3) is 0. The summed E-state index contributed by atoms with van der Waals surface area (Å²) in [5, 5.41) is 5.83. The minimum atomic E-state index is -2.90. The maximum atomic E-state index is 11.1. The molecular formula is C18H15NO2Si. The van der Waals surface area contributed by atoms with Gasteiger partial charge >= 0.3 is 8.32 Å². The van der Waals surface area contributed by atoms with Gasteiger partial charge in [-0.1, -0.05) is 91.0 Å². The number of benzene rings is 3. The molecule has 0 atom stereocenters. The zero-order valence-electron chi connectivity index (χ0n) is 11.9. The van der Waals surface area contributed by atoms with Crippen molar-refractivity contribution in [2.75, 3.05) is 0 Å². The summed E-state index contributed by atoms with van der Waals surface area (Å²) >= 11 is 0. The van der Waals surface area contributed by atoms with Gasteiger partial charge in [-0.25, -0.2) is 0 Å². The van der Waals surface area contributed by atoms with E-state index in [1.54, 1.807) is 0 Å². The monoisotopic (exact) mass is 305 g/mol. The number of hydrogen-bond donors (Lipinski definition) is 0. The van der Waals surface area contributed by atoms with Gasteiger partial charge in [0.15, 0.2) is 0 Å². The Morgan fingerprint density at radius 2 is 0.909 bits per heavy atom. The number of hydrogen-bond acceptors (Lipinski definition) is 3. The molecule has 4 heteroatoms. The molecule has 0 saturated heterocycles. The molecule has 0 bridgehead atoms. The lowest BCUT2D eigenvalue weighted by atomic mass is 10.3. The second-order valence-corrected chi connectivity index (χ2v) is 8.22. The quantitative estimate of drug-likeness (QED) is 0.314. The van der Waals surface area contributed by atoms with Crippen LogP contribution in [0.15, 0.2) is 96.3 Å². The standard InChI is InChI=1S/C18H15NO2Si/c20-19-21-22(16-10-4-1-5-11-16,17-12-6-2-7-13-17)18-14-8-3-9-15-18/h1-15H. The molecular weight excluding hydrogens is 290 g/mol. The number of nitrogens with zero attached hydrogens (tertiary/aromatic N) is 1. The van der Waals surface area contributed by atoms with Crippen LogP contribution in [0.25, 0.3) is 0 Å². The molecule has 0 N–H and O–H groups in total. The second-order valence-electron chi connectivity index (χ2n) is 4.95. The minimum Gasteiger partial charge on any atom is -0.407 e. The molecule has 0 fully saturated rings. The molecule has 3 aromatic rings. The zero-order valence-corrected chi connectivity index (χ0v) is 12.9. The predicted molar refractivity (Wildman–Crippen MR) is 90.9 cm³/mol. The lowest BCUT2D eigenvalue weighted by molar-refractivity contribution is 0.342. The fourth-order valence-electron chi connectivity index (χ4n) is 2.73. The molecule has 0 aliphatic carbocycles. The van der Waals surface area contributed by atoms with Gasteiger partial charge in [0.05, 0.1) is 0 Å². The molecule has 0 amide bonds. The van der Waals surface area contributed by atoms with Crippen molar-refractivity contribution in [3.8, 4) is 0 Å². The van der Waals surface area contributed by atoms with E-state index in [1.807, 2.05) is 91.0 Å². The van der Waals surface area contributed by atoms with Crippen molar-refractivity contribution >= 4 is 23.9 Å². The summed E-state index contributed by atoms with van der Waals surface area (Å²) in [5.74, 6) is 0. The van der Waals surface area contributed by atoms with E-state index in [9.17, 15) is 4.91 Å². The van der Waals surface area contributed by atoms with Crippen LogP contribution in [0.5, 0.6) is 0 Å². The van der Waals surface area contributed by atoms with E-state index in [1.165, 1.54) is 0 Å². The summed E-state index contributed by atoms with van der Waals surface area (Å²) in [5.41, 5.74) is 0. The lowest BCUT2D eigenvalue weighted by Crippen LogP contribution is -2.68. The van der Waals surface area contributed by atoms with Gasteiger partial charge in [-0.2, -0.15) is 0 Å². The predicted octanol–water partition coefficient (Wildman–Crippen LogP) is 2.35. The maximum Gasteiger partial charge on any atom is 0.384 e. The van der Waals surface area contributed by atoms with Crippen molar-refractivity contribution in [3.63, 3.8) is 0 Å². The van der Waals surface area contributed by atoms with Crippen LogP contribution in [0.4, 0.5) is 0 Å². The van der Waals surface area contributed by atoms with E-state index < -0.39 is 8.32 Å². The van der Waals surface area contributed by atoms with Crippen LogP contribution in [-0.2, 0) is 4.53 Å². The van der Waals surface area contributed by atoms with Crippen LogP contribution in [0.1, 0.15) is 0 Å². The van der Waals surface area contributed by atoms with Crippen LogP contribution < -0.4 is 15.6 Å². The van der Waals surface area contributed by atoms with Gasteiger partial charge in [-0.3, -0.25) is 0 Å². The average molecular weight is 305 g/mol. The summed E-state index contributed by atoms with van der Waals surface area (Å²) in [4.78, 5) is 11.1. The Labute approximate surface area is 130 Å². The molecule has 0 radical (unpaired) electrons. The highest BCUT2D eigenvalue weighted by atomic mass is 28.4. The molecule has 3 aromatic carbocycles. The van der Waals surface area contributed by atoms with Crippen molar-refractivity contribution in [2.24, 2.45) is 5.34 Å². The molecule has 0 spiro atoms. The molecule has 0 saturated carbocycles. The highest BCUT2D eigenvalue weighted by Gasteiger charge is 2.45. The normalized spacial score (nSPS) is 10.9. The molecule has 22 heavy (non-hydrogen) atoms. The first-order chi connectivity index (χ1) is 10.9. The van der Waals surface area contributed by atoms with Crippen molar-refractivity contribution in [1.29, 1.82) is 0 Å². The molecule has 0 aliphatic heterocycles. The van der Waals surface area contributed by atoms with E-state index in [0.717, 1.165) is 15.6 Å². The largest absolute Gasteiger partial charge is 0.407 e. The third kappa shape index (κ3) is 2.44. The Balaban J connectivity index is 2.31. The lowest BCUT2D eigenvalue weighted by Gasteiger charge is -2.28. The van der Waals surface area contributed by atoms with Crippen molar-refractivity contribution in [1.82, 2.24) is 0 Å². The van der Waals surface area contributed by atoms with Crippen molar-refractivity contribution in [2.45, 2.75) is 0 Å². The highest BCUT2D eigenvalue weighted by molar-refractivity contribution is 7.07. The third-order valence-electron chi connectivity index (χ3n) is 3.72. The average Bonchev–Trinajstić information content (AvgIpc) is 2.62. The second kappa shape index (κ2) is 6.36.